The van der Waals surface area contributed by atoms with Gasteiger partial charge in [-0.1, -0.05) is 0 Å². The molecule has 0 radical (unpaired) electrons. The highest BCUT2D eigenvalue weighted by Crippen LogP contribution is 2.26. The van der Waals surface area contributed by atoms with Gasteiger partial charge in [-0.3, -0.25) is 0 Å². The molecule has 0 saturated heterocycles. The van der Waals surface area contributed by atoms with Gasteiger partial charge in [0, 0.05) is 0 Å². The zero-order chi connectivity index (χ0) is 19.7. The normalized spacial score (nSPS) is 9.46. The van der Waals surface area contributed by atoms with E-state index < -0.39 is 0 Å². The summed E-state index contributed by atoms with van der Waals surface area (Å²) in [6.07, 6.45) is 0. The minimum Gasteiger partial charge on any atom is -0.496 e. The maximum Gasteiger partial charge on any atom is 0.337 e. The monoisotopic (exact) mass is 488 g/mol. The van der Waals surface area contributed by atoms with Gasteiger partial charge < -0.3 is 18.9 Å². The van der Waals surface area contributed by atoms with E-state index in [1.54, 1.807) is 50.6 Å². The highest BCUT2D eigenvalue weighted by Gasteiger charge is 2.09. The highest BCUT2D eigenvalue weighted by molar-refractivity contribution is 9.10. The molecule has 0 aromatic heterocycles. The minimum atomic E-state index is -0.370. The molecular formula is C18H18Br2O6. The summed E-state index contributed by atoms with van der Waals surface area (Å²) in [4.78, 5) is 22.2. The fourth-order valence-electron chi connectivity index (χ4n) is 1.81. The zero-order valence-electron chi connectivity index (χ0n) is 14.7. The van der Waals surface area contributed by atoms with Crippen LogP contribution >= 0.6 is 31.9 Å². The molecule has 6 nitrogen and oxygen atoms in total. The van der Waals surface area contributed by atoms with Crippen molar-refractivity contribution in [1.82, 2.24) is 0 Å². The van der Waals surface area contributed by atoms with Crippen molar-refractivity contribution in [3.05, 3.63) is 56.5 Å². The van der Waals surface area contributed by atoms with Crippen LogP contribution in [-0.2, 0) is 9.47 Å². The van der Waals surface area contributed by atoms with Gasteiger partial charge in [-0.25, -0.2) is 9.59 Å². The summed E-state index contributed by atoms with van der Waals surface area (Å²) in [6.45, 7) is 0. The molecule has 0 fully saturated rings. The van der Waals surface area contributed by atoms with Crippen LogP contribution in [0.5, 0.6) is 11.5 Å². The number of rotatable bonds is 4. The molecule has 0 spiro atoms. The second kappa shape index (κ2) is 10.8. The lowest BCUT2D eigenvalue weighted by atomic mass is 10.2. The van der Waals surface area contributed by atoms with E-state index in [-0.39, 0.29) is 11.9 Å². The van der Waals surface area contributed by atoms with Crippen LogP contribution in [0.25, 0.3) is 0 Å². The molecule has 0 amide bonds. The molecule has 0 aliphatic rings. The lowest BCUT2D eigenvalue weighted by Crippen LogP contribution is -2.01. The summed E-state index contributed by atoms with van der Waals surface area (Å²) in [6, 6.07) is 10.1. The van der Waals surface area contributed by atoms with Crippen LogP contribution < -0.4 is 9.47 Å². The van der Waals surface area contributed by atoms with Gasteiger partial charge in [-0.05, 0) is 68.3 Å². The largest absolute Gasteiger partial charge is 0.496 e. The van der Waals surface area contributed by atoms with Crippen molar-refractivity contribution >= 4 is 43.8 Å². The maximum atomic E-state index is 11.1. The summed E-state index contributed by atoms with van der Waals surface area (Å²) in [5, 5.41) is 0. The van der Waals surface area contributed by atoms with Gasteiger partial charge in [0.1, 0.15) is 11.5 Å². The summed E-state index contributed by atoms with van der Waals surface area (Å²) in [5.74, 6) is 0.488. The number of benzene rings is 2. The van der Waals surface area contributed by atoms with E-state index in [1.807, 2.05) is 0 Å². The summed E-state index contributed by atoms with van der Waals surface area (Å²) in [7, 11) is 5.77. The predicted octanol–water partition coefficient (Wildman–Crippen LogP) is 4.49. The van der Waals surface area contributed by atoms with E-state index in [0.717, 1.165) is 8.95 Å². The molecule has 0 bridgehead atoms. The number of carbonyl (C=O) groups is 2. The third-order valence-corrected chi connectivity index (χ3v) is 4.45. The second-order valence-electron chi connectivity index (χ2n) is 4.68. The van der Waals surface area contributed by atoms with Crippen molar-refractivity contribution in [2.75, 3.05) is 28.4 Å². The zero-order valence-corrected chi connectivity index (χ0v) is 17.8. The third-order valence-electron chi connectivity index (χ3n) is 3.14. The number of methoxy groups -OCH3 is 4. The molecule has 2 aromatic carbocycles. The number of halogens is 2. The van der Waals surface area contributed by atoms with E-state index in [0.29, 0.717) is 22.6 Å². The standard InChI is InChI=1S/2C9H9BrO3/c2*1-12-8-5-6(9(11)13-2)3-4-7(8)10/h2*3-5H,1-2H3. The molecule has 0 N–H and O–H groups in total. The predicted molar refractivity (Wildman–Crippen MR) is 104 cm³/mol. The topological polar surface area (TPSA) is 71.1 Å². The van der Waals surface area contributed by atoms with E-state index in [9.17, 15) is 9.59 Å². The molecular weight excluding hydrogens is 472 g/mol. The molecule has 0 heterocycles. The first-order valence-electron chi connectivity index (χ1n) is 7.21. The molecule has 26 heavy (non-hydrogen) atoms. The fraction of sp³-hybridized carbons (Fsp3) is 0.222. The van der Waals surface area contributed by atoms with Gasteiger partial charge in [-0.2, -0.15) is 0 Å². The van der Waals surface area contributed by atoms with Gasteiger partial charge in [0.05, 0.1) is 48.5 Å². The number of carbonyl (C=O) groups excluding carboxylic acids is 2. The van der Waals surface area contributed by atoms with Crippen LogP contribution in [0.4, 0.5) is 0 Å². The van der Waals surface area contributed by atoms with Crippen LogP contribution in [0, 0.1) is 0 Å². The quantitative estimate of drug-likeness (QED) is 0.589. The van der Waals surface area contributed by atoms with Crippen molar-refractivity contribution in [2.24, 2.45) is 0 Å². The van der Waals surface area contributed by atoms with E-state index in [1.165, 1.54) is 14.2 Å². The molecule has 2 aromatic rings. The van der Waals surface area contributed by atoms with Crippen LogP contribution in [0.1, 0.15) is 20.7 Å². The van der Waals surface area contributed by atoms with E-state index >= 15 is 0 Å². The molecule has 0 aliphatic heterocycles. The maximum absolute atomic E-state index is 11.1. The van der Waals surface area contributed by atoms with Crippen molar-refractivity contribution in [3.8, 4) is 11.5 Å². The van der Waals surface area contributed by atoms with Crippen LogP contribution in [-0.4, -0.2) is 40.4 Å². The Morgan fingerprint density at radius 1 is 0.692 bits per heavy atom. The summed E-state index contributed by atoms with van der Waals surface area (Å²) < 4.78 is 20.8. The van der Waals surface area contributed by atoms with E-state index in [2.05, 4.69) is 41.3 Å². The van der Waals surface area contributed by atoms with Crippen molar-refractivity contribution in [1.29, 1.82) is 0 Å². The summed E-state index contributed by atoms with van der Waals surface area (Å²) in [5.41, 5.74) is 0.949. The molecule has 2 rings (SSSR count). The third kappa shape index (κ3) is 6.03. The smallest absolute Gasteiger partial charge is 0.337 e. The number of hydrogen-bond acceptors (Lipinski definition) is 6. The van der Waals surface area contributed by atoms with E-state index in [4.69, 9.17) is 9.47 Å². The molecule has 0 atom stereocenters. The Morgan fingerprint density at radius 2 is 1.04 bits per heavy atom. The Balaban J connectivity index is 0.000000260. The van der Waals surface area contributed by atoms with Crippen LogP contribution in [0.2, 0.25) is 0 Å². The Bertz CT molecular complexity index is 711. The number of esters is 2. The van der Waals surface area contributed by atoms with Gasteiger partial charge in [0.25, 0.3) is 0 Å². The van der Waals surface area contributed by atoms with Gasteiger partial charge in [0.2, 0.25) is 0 Å². The Labute approximate surface area is 168 Å². The first-order chi connectivity index (χ1) is 12.4. The van der Waals surface area contributed by atoms with Crippen LogP contribution in [0.15, 0.2) is 45.3 Å². The van der Waals surface area contributed by atoms with Gasteiger partial charge >= 0.3 is 11.9 Å². The van der Waals surface area contributed by atoms with Gasteiger partial charge in [-0.15, -0.1) is 0 Å². The molecule has 140 valence electrons. The first-order valence-corrected chi connectivity index (χ1v) is 8.80. The second-order valence-corrected chi connectivity index (χ2v) is 6.39. The lowest BCUT2D eigenvalue weighted by Gasteiger charge is -2.04. The Kier molecular flexibility index (Phi) is 9.15. The molecule has 0 unspecified atom stereocenters. The highest BCUT2D eigenvalue weighted by atomic mass is 79.9. The SMILES string of the molecule is COC(=O)c1ccc(Br)c(OC)c1.COC(=O)c1ccc(Br)c(OC)c1. The van der Waals surface area contributed by atoms with Crippen molar-refractivity contribution in [2.45, 2.75) is 0 Å². The average Bonchev–Trinajstić information content (AvgIpc) is 2.68. The van der Waals surface area contributed by atoms with Gasteiger partial charge in [0.15, 0.2) is 0 Å². The fourth-order valence-corrected chi connectivity index (χ4v) is 2.63. The Morgan fingerprint density at radius 3 is 1.31 bits per heavy atom. The lowest BCUT2D eigenvalue weighted by molar-refractivity contribution is 0.0591. The molecule has 0 aliphatic carbocycles. The molecule has 8 heteroatoms. The average molecular weight is 490 g/mol. The minimum absolute atomic E-state index is 0.370. The first kappa shape index (κ1) is 22.0. The van der Waals surface area contributed by atoms with Crippen molar-refractivity contribution in [3.63, 3.8) is 0 Å². The van der Waals surface area contributed by atoms with Crippen LogP contribution in [0.3, 0.4) is 0 Å². The Hall–Kier alpha value is -2.06. The van der Waals surface area contributed by atoms with Crippen molar-refractivity contribution < 1.29 is 28.5 Å². The summed E-state index contributed by atoms with van der Waals surface area (Å²) >= 11 is 6.57. The number of ether oxygens (including phenoxy) is 4. The molecule has 0 saturated carbocycles. The number of hydrogen-bond donors (Lipinski definition) is 0.